The van der Waals surface area contributed by atoms with Gasteiger partial charge in [-0.3, -0.25) is 10.1 Å². The molecule has 3 amide bonds. The smallest absolute Gasteiger partial charge is 0.325 e. The van der Waals surface area contributed by atoms with Crippen molar-refractivity contribution in [3.05, 3.63) is 34.7 Å². The Labute approximate surface area is 140 Å². The standard InChI is InChI=1S/C14H14ClF3N4O2/c1-3-21(4-2)13(24)20-12(23)10-7-22-6-8(14(16,17)18)5-9(15)11(22)19-10/h5-7H,3-4H2,1-2H3,(H,20,23,24). The average molecular weight is 363 g/mol. The summed E-state index contributed by atoms with van der Waals surface area (Å²) in [5.41, 5.74) is -1.19. The van der Waals surface area contributed by atoms with Gasteiger partial charge in [0.15, 0.2) is 5.65 Å². The molecule has 0 aliphatic carbocycles. The van der Waals surface area contributed by atoms with Crippen molar-refractivity contribution in [1.29, 1.82) is 0 Å². The fourth-order valence-corrected chi connectivity index (χ4v) is 2.33. The Kier molecular flexibility index (Phi) is 5.02. The van der Waals surface area contributed by atoms with Crippen molar-refractivity contribution in [2.75, 3.05) is 13.1 Å². The van der Waals surface area contributed by atoms with E-state index in [4.69, 9.17) is 11.6 Å². The maximum atomic E-state index is 12.8. The van der Waals surface area contributed by atoms with Crippen LogP contribution in [0.2, 0.25) is 5.02 Å². The molecule has 0 fully saturated rings. The Bertz CT molecular complexity index is 784. The SMILES string of the molecule is CCN(CC)C(=O)NC(=O)c1cn2cc(C(F)(F)F)cc(Cl)c2n1. The molecular weight excluding hydrogens is 349 g/mol. The number of rotatable bonds is 3. The number of hydrogen-bond donors (Lipinski definition) is 1. The van der Waals surface area contributed by atoms with Crippen molar-refractivity contribution in [2.24, 2.45) is 0 Å². The number of alkyl halides is 3. The van der Waals surface area contributed by atoms with Crippen LogP contribution in [0.5, 0.6) is 0 Å². The van der Waals surface area contributed by atoms with Crippen molar-refractivity contribution in [3.63, 3.8) is 0 Å². The highest BCUT2D eigenvalue weighted by molar-refractivity contribution is 6.33. The number of amides is 3. The van der Waals surface area contributed by atoms with E-state index in [1.807, 2.05) is 0 Å². The largest absolute Gasteiger partial charge is 0.417 e. The minimum Gasteiger partial charge on any atom is -0.325 e. The minimum absolute atomic E-state index is 0.00916. The Morgan fingerprint density at radius 1 is 1.29 bits per heavy atom. The highest BCUT2D eigenvalue weighted by atomic mass is 35.5. The first-order chi connectivity index (χ1) is 11.2. The van der Waals surface area contributed by atoms with E-state index in [0.29, 0.717) is 13.1 Å². The molecule has 0 radical (unpaired) electrons. The van der Waals surface area contributed by atoms with Gasteiger partial charge >= 0.3 is 12.2 Å². The highest BCUT2D eigenvalue weighted by Gasteiger charge is 2.32. The van der Waals surface area contributed by atoms with Gasteiger partial charge in [0, 0.05) is 25.5 Å². The van der Waals surface area contributed by atoms with E-state index >= 15 is 0 Å². The second-order valence-electron chi connectivity index (χ2n) is 4.86. The number of imide groups is 1. The number of nitrogens with zero attached hydrogens (tertiary/aromatic N) is 3. The zero-order valence-electron chi connectivity index (χ0n) is 12.8. The fourth-order valence-electron chi connectivity index (χ4n) is 2.07. The summed E-state index contributed by atoms with van der Waals surface area (Å²) < 4.78 is 39.3. The zero-order chi connectivity index (χ0) is 18.1. The van der Waals surface area contributed by atoms with Gasteiger partial charge in [-0.1, -0.05) is 11.6 Å². The van der Waals surface area contributed by atoms with Crippen LogP contribution >= 0.6 is 11.6 Å². The monoisotopic (exact) mass is 362 g/mol. The predicted octanol–water partition coefficient (Wildman–Crippen LogP) is 3.20. The summed E-state index contributed by atoms with van der Waals surface area (Å²) in [7, 11) is 0. The summed E-state index contributed by atoms with van der Waals surface area (Å²) in [5, 5.41) is 1.88. The Balaban J connectivity index is 2.32. The molecule has 0 aromatic carbocycles. The van der Waals surface area contributed by atoms with Crippen molar-refractivity contribution in [1.82, 2.24) is 19.6 Å². The van der Waals surface area contributed by atoms with Gasteiger partial charge in [-0.2, -0.15) is 13.2 Å². The van der Waals surface area contributed by atoms with Gasteiger partial charge in [0.05, 0.1) is 10.6 Å². The Hall–Kier alpha value is -2.29. The molecule has 2 aromatic heterocycles. The molecule has 2 heterocycles. The summed E-state index contributed by atoms with van der Waals surface area (Å²) in [5.74, 6) is -0.819. The molecule has 6 nitrogen and oxygen atoms in total. The lowest BCUT2D eigenvalue weighted by atomic mass is 10.3. The first-order valence-corrected chi connectivity index (χ1v) is 7.40. The van der Waals surface area contributed by atoms with E-state index < -0.39 is 23.7 Å². The lowest BCUT2D eigenvalue weighted by Crippen LogP contribution is -2.42. The molecule has 0 spiro atoms. The lowest BCUT2D eigenvalue weighted by molar-refractivity contribution is -0.137. The highest BCUT2D eigenvalue weighted by Crippen LogP contribution is 2.32. The van der Waals surface area contributed by atoms with Gasteiger partial charge < -0.3 is 9.30 Å². The number of carbonyl (C=O) groups is 2. The lowest BCUT2D eigenvalue weighted by Gasteiger charge is -2.17. The van der Waals surface area contributed by atoms with Gasteiger partial charge in [-0.25, -0.2) is 9.78 Å². The average Bonchev–Trinajstić information content (AvgIpc) is 2.92. The fraction of sp³-hybridized carbons (Fsp3) is 0.357. The topological polar surface area (TPSA) is 66.7 Å². The normalized spacial score (nSPS) is 11.6. The number of imidazole rings is 1. The molecule has 2 aromatic rings. The minimum atomic E-state index is -4.58. The molecule has 0 atom stereocenters. The number of hydrogen-bond acceptors (Lipinski definition) is 3. The number of halogens is 4. The number of urea groups is 1. The third-order valence-electron chi connectivity index (χ3n) is 3.34. The molecule has 130 valence electrons. The predicted molar refractivity (Wildman–Crippen MR) is 81.0 cm³/mol. The molecule has 24 heavy (non-hydrogen) atoms. The van der Waals surface area contributed by atoms with Gasteiger partial charge in [0.2, 0.25) is 0 Å². The van der Waals surface area contributed by atoms with Crippen LogP contribution in [-0.4, -0.2) is 39.3 Å². The van der Waals surface area contributed by atoms with Gasteiger partial charge in [-0.15, -0.1) is 0 Å². The zero-order valence-corrected chi connectivity index (χ0v) is 13.6. The van der Waals surface area contributed by atoms with Gasteiger partial charge in [0.1, 0.15) is 5.69 Å². The summed E-state index contributed by atoms with van der Waals surface area (Å²) in [6.45, 7) is 4.30. The van der Waals surface area contributed by atoms with Gasteiger partial charge in [0.25, 0.3) is 5.91 Å². The number of pyridine rings is 1. The molecule has 0 aliphatic heterocycles. The quantitative estimate of drug-likeness (QED) is 0.911. The molecular formula is C14H14ClF3N4O2. The molecule has 0 aliphatic rings. The van der Waals surface area contributed by atoms with E-state index in [-0.39, 0.29) is 16.4 Å². The summed E-state index contributed by atoms with van der Waals surface area (Å²) in [6.07, 6.45) is -2.72. The third-order valence-corrected chi connectivity index (χ3v) is 3.62. The maximum absolute atomic E-state index is 12.8. The summed E-state index contributed by atoms with van der Waals surface area (Å²) in [6, 6.07) is 0.122. The first-order valence-electron chi connectivity index (χ1n) is 7.03. The molecule has 0 unspecified atom stereocenters. The summed E-state index contributed by atoms with van der Waals surface area (Å²) >= 11 is 5.80. The van der Waals surface area contributed by atoms with Crippen LogP contribution in [0.15, 0.2) is 18.5 Å². The van der Waals surface area contributed by atoms with Crippen molar-refractivity contribution in [3.8, 4) is 0 Å². The van der Waals surface area contributed by atoms with Gasteiger partial charge in [-0.05, 0) is 19.9 Å². The van der Waals surface area contributed by atoms with Crippen LogP contribution in [0, 0.1) is 0 Å². The van der Waals surface area contributed by atoms with E-state index in [1.165, 1.54) is 4.90 Å². The number of aromatic nitrogens is 2. The number of fused-ring (bicyclic) bond motifs is 1. The maximum Gasteiger partial charge on any atom is 0.417 e. The molecule has 0 saturated carbocycles. The van der Waals surface area contributed by atoms with Crippen LogP contribution in [-0.2, 0) is 6.18 Å². The van der Waals surface area contributed by atoms with Crippen LogP contribution in [0.1, 0.15) is 29.9 Å². The molecule has 10 heteroatoms. The molecule has 0 bridgehead atoms. The molecule has 2 rings (SSSR count). The number of nitrogens with one attached hydrogen (secondary N) is 1. The van der Waals surface area contributed by atoms with Crippen molar-refractivity contribution in [2.45, 2.75) is 20.0 Å². The van der Waals surface area contributed by atoms with E-state index in [9.17, 15) is 22.8 Å². The van der Waals surface area contributed by atoms with E-state index in [0.717, 1.165) is 22.9 Å². The third kappa shape index (κ3) is 3.61. The van der Waals surface area contributed by atoms with E-state index in [1.54, 1.807) is 13.8 Å². The number of carbonyl (C=O) groups excluding carboxylic acids is 2. The first kappa shape index (κ1) is 18.1. The van der Waals surface area contributed by atoms with Crippen LogP contribution < -0.4 is 5.32 Å². The summed E-state index contributed by atoms with van der Waals surface area (Å²) in [4.78, 5) is 29.2. The van der Waals surface area contributed by atoms with E-state index in [2.05, 4.69) is 10.3 Å². The van der Waals surface area contributed by atoms with Crippen molar-refractivity contribution < 1.29 is 22.8 Å². The second-order valence-corrected chi connectivity index (χ2v) is 5.27. The molecule has 0 saturated heterocycles. The Morgan fingerprint density at radius 2 is 1.92 bits per heavy atom. The second kappa shape index (κ2) is 6.68. The van der Waals surface area contributed by atoms with Crippen LogP contribution in [0.3, 0.4) is 0 Å². The Morgan fingerprint density at radius 3 is 2.46 bits per heavy atom. The molecule has 1 N–H and O–H groups in total. The van der Waals surface area contributed by atoms with Crippen molar-refractivity contribution >= 4 is 29.2 Å². The van der Waals surface area contributed by atoms with Crippen LogP contribution in [0.25, 0.3) is 5.65 Å². The van der Waals surface area contributed by atoms with Crippen LogP contribution in [0.4, 0.5) is 18.0 Å².